The smallest absolute Gasteiger partial charge is 0.191 e. The Kier molecular flexibility index (Phi) is 3.22. The van der Waals surface area contributed by atoms with Crippen molar-refractivity contribution >= 4 is 5.96 Å². The molecule has 1 aliphatic carbocycles. The van der Waals surface area contributed by atoms with E-state index in [1.54, 1.807) is 0 Å². The number of hydrogen-bond donors (Lipinski definition) is 1. The Labute approximate surface area is 110 Å². The average Bonchev–Trinajstić information content (AvgIpc) is 2.97. The summed E-state index contributed by atoms with van der Waals surface area (Å²) in [5, 5.41) is 0. The lowest BCUT2D eigenvalue weighted by Gasteiger charge is -2.47. The second-order valence-electron chi connectivity index (χ2n) is 6.17. The van der Waals surface area contributed by atoms with E-state index < -0.39 is 0 Å². The van der Waals surface area contributed by atoms with E-state index in [0.29, 0.717) is 12.0 Å². The summed E-state index contributed by atoms with van der Waals surface area (Å²) < 4.78 is 5.78. The third-order valence-electron chi connectivity index (χ3n) is 5.15. The van der Waals surface area contributed by atoms with Crippen molar-refractivity contribution < 1.29 is 4.74 Å². The van der Waals surface area contributed by atoms with Gasteiger partial charge in [0.05, 0.1) is 18.2 Å². The first-order valence-corrected chi connectivity index (χ1v) is 7.41. The molecule has 0 aromatic rings. The van der Waals surface area contributed by atoms with Gasteiger partial charge in [0, 0.05) is 13.2 Å². The van der Waals surface area contributed by atoms with Gasteiger partial charge in [-0.1, -0.05) is 19.8 Å². The van der Waals surface area contributed by atoms with Gasteiger partial charge in [-0.15, -0.1) is 0 Å². The van der Waals surface area contributed by atoms with Gasteiger partial charge in [0.15, 0.2) is 5.96 Å². The molecule has 0 aromatic carbocycles. The highest BCUT2D eigenvalue weighted by molar-refractivity contribution is 5.81. The minimum absolute atomic E-state index is 0.203. The van der Waals surface area contributed by atoms with Gasteiger partial charge in [-0.25, -0.2) is 0 Å². The Balaban J connectivity index is 1.76. The van der Waals surface area contributed by atoms with Gasteiger partial charge in [-0.3, -0.25) is 4.99 Å². The molecular weight excluding hydrogens is 226 g/mol. The van der Waals surface area contributed by atoms with Crippen molar-refractivity contribution in [2.24, 2.45) is 16.6 Å². The van der Waals surface area contributed by atoms with Crippen LogP contribution in [0.15, 0.2) is 4.99 Å². The van der Waals surface area contributed by atoms with Crippen LogP contribution >= 0.6 is 0 Å². The molecule has 3 aliphatic rings. The molecule has 3 atom stereocenters. The van der Waals surface area contributed by atoms with Gasteiger partial charge < -0.3 is 15.4 Å². The molecule has 0 aromatic heterocycles. The topological polar surface area (TPSA) is 50.8 Å². The first-order chi connectivity index (χ1) is 8.72. The van der Waals surface area contributed by atoms with Gasteiger partial charge in [0.1, 0.15) is 0 Å². The van der Waals surface area contributed by atoms with Crippen molar-refractivity contribution in [3.63, 3.8) is 0 Å². The minimum atomic E-state index is 0.203. The fraction of sp³-hybridized carbons (Fsp3) is 0.929. The Morgan fingerprint density at radius 2 is 2.28 bits per heavy atom. The van der Waals surface area contributed by atoms with Crippen LogP contribution < -0.4 is 5.73 Å². The van der Waals surface area contributed by atoms with E-state index in [0.717, 1.165) is 25.7 Å². The fourth-order valence-electron chi connectivity index (χ4n) is 3.92. The van der Waals surface area contributed by atoms with E-state index in [1.165, 1.54) is 38.5 Å². The highest BCUT2D eigenvalue weighted by atomic mass is 16.5. The van der Waals surface area contributed by atoms with E-state index in [4.69, 9.17) is 10.5 Å². The van der Waals surface area contributed by atoms with Gasteiger partial charge in [-0.2, -0.15) is 0 Å². The maximum absolute atomic E-state index is 6.15. The first-order valence-electron chi connectivity index (χ1n) is 7.41. The van der Waals surface area contributed by atoms with Crippen LogP contribution in [0.1, 0.15) is 45.4 Å². The second-order valence-corrected chi connectivity index (χ2v) is 6.17. The highest BCUT2D eigenvalue weighted by Crippen LogP contribution is 2.41. The van der Waals surface area contributed by atoms with E-state index in [2.05, 4.69) is 16.8 Å². The van der Waals surface area contributed by atoms with Crippen LogP contribution in [0.4, 0.5) is 0 Å². The number of nitrogens with two attached hydrogens (primary N) is 1. The summed E-state index contributed by atoms with van der Waals surface area (Å²) in [5.74, 6) is 1.44. The van der Waals surface area contributed by atoms with Crippen molar-refractivity contribution in [2.45, 2.75) is 57.1 Å². The maximum atomic E-state index is 6.15. The molecule has 18 heavy (non-hydrogen) atoms. The summed E-state index contributed by atoms with van der Waals surface area (Å²) >= 11 is 0. The molecule has 2 fully saturated rings. The molecule has 4 heteroatoms. The molecule has 1 spiro atoms. The highest BCUT2D eigenvalue weighted by Gasteiger charge is 2.48. The third kappa shape index (κ3) is 1.91. The lowest BCUT2D eigenvalue weighted by molar-refractivity contribution is 0.0298. The summed E-state index contributed by atoms with van der Waals surface area (Å²) in [5.41, 5.74) is 6.35. The molecule has 0 radical (unpaired) electrons. The Morgan fingerprint density at radius 3 is 3.00 bits per heavy atom. The molecule has 0 amide bonds. The fourth-order valence-corrected chi connectivity index (χ4v) is 3.92. The number of nitrogens with zero attached hydrogens (tertiary/aromatic N) is 2. The van der Waals surface area contributed by atoms with Gasteiger partial charge in [0.25, 0.3) is 0 Å². The summed E-state index contributed by atoms with van der Waals surface area (Å²) in [6, 6.07) is 0. The molecule has 2 N–H and O–H groups in total. The normalized spacial score (nSPS) is 40.5. The van der Waals surface area contributed by atoms with Gasteiger partial charge in [0.2, 0.25) is 0 Å². The summed E-state index contributed by atoms with van der Waals surface area (Å²) in [6.07, 6.45) is 7.96. The van der Waals surface area contributed by atoms with Crippen molar-refractivity contribution in [3.05, 3.63) is 0 Å². The molecule has 1 saturated carbocycles. The molecule has 3 rings (SSSR count). The molecule has 102 valence electrons. The summed E-state index contributed by atoms with van der Waals surface area (Å²) in [7, 11) is 0. The SMILES string of the molecule is CC1CCCCC12CN=C(N)N2CC1CCCO1. The number of aliphatic imine (C=N–C) groups is 1. The average molecular weight is 251 g/mol. The largest absolute Gasteiger partial charge is 0.376 e. The van der Waals surface area contributed by atoms with Crippen LogP contribution in [0.2, 0.25) is 0 Å². The number of rotatable bonds is 2. The van der Waals surface area contributed by atoms with Crippen LogP contribution in [0.3, 0.4) is 0 Å². The van der Waals surface area contributed by atoms with E-state index in [-0.39, 0.29) is 5.54 Å². The molecule has 2 heterocycles. The third-order valence-corrected chi connectivity index (χ3v) is 5.15. The van der Waals surface area contributed by atoms with Crippen LogP contribution in [-0.4, -0.2) is 42.2 Å². The predicted molar refractivity (Wildman–Crippen MR) is 72.5 cm³/mol. The zero-order chi connectivity index (χ0) is 12.6. The lowest BCUT2D eigenvalue weighted by Crippen LogP contribution is -2.58. The molecule has 2 aliphatic heterocycles. The van der Waals surface area contributed by atoms with E-state index in [9.17, 15) is 0 Å². The van der Waals surface area contributed by atoms with E-state index in [1.807, 2.05) is 0 Å². The maximum Gasteiger partial charge on any atom is 0.191 e. The van der Waals surface area contributed by atoms with Crippen LogP contribution in [0.25, 0.3) is 0 Å². The summed E-state index contributed by atoms with van der Waals surface area (Å²) in [4.78, 5) is 6.93. The number of hydrogen-bond acceptors (Lipinski definition) is 4. The molecule has 3 unspecified atom stereocenters. The summed E-state index contributed by atoms with van der Waals surface area (Å²) in [6.45, 7) is 5.13. The van der Waals surface area contributed by atoms with Crippen molar-refractivity contribution in [1.82, 2.24) is 4.90 Å². The molecule has 1 saturated heterocycles. The number of ether oxygens (including phenoxy) is 1. The Hall–Kier alpha value is -0.770. The minimum Gasteiger partial charge on any atom is -0.376 e. The van der Waals surface area contributed by atoms with Crippen LogP contribution in [0, 0.1) is 5.92 Å². The molecule has 0 bridgehead atoms. The van der Waals surface area contributed by atoms with Gasteiger partial charge >= 0.3 is 0 Å². The van der Waals surface area contributed by atoms with E-state index >= 15 is 0 Å². The zero-order valence-electron chi connectivity index (χ0n) is 11.4. The predicted octanol–water partition coefficient (Wildman–Crippen LogP) is 1.74. The lowest BCUT2D eigenvalue weighted by atomic mass is 9.73. The monoisotopic (exact) mass is 251 g/mol. The zero-order valence-corrected chi connectivity index (χ0v) is 11.4. The van der Waals surface area contributed by atoms with Crippen molar-refractivity contribution in [3.8, 4) is 0 Å². The quantitative estimate of drug-likeness (QED) is 0.813. The second kappa shape index (κ2) is 4.72. The Bertz CT molecular complexity index is 338. The van der Waals surface area contributed by atoms with Crippen LogP contribution in [0.5, 0.6) is 0 Å². The first kappa shape index (κ1) is 12.3. The molecule has 4 nitrogen and oxygen atoms in total. The van der Waals surface area contributed by atoms with Crippen LogP contribution in [-0.2, 0) is 4.74 Å². The van der Waals surface area contributed by atoms with Gasteiger partial charge in [-0.05, 0) is 31.6 Å². The Morgan fingerprint density at radius 1 is 1.39 bits per heavy atom. The number of guanidine groups is 1. The van der Waals surface area contributed by atoms with Crippen molar-refractivity contribution in [1.29, 1.82) is 0 Å². The molecular formula is C14H25N3O. The van der Waals surface area contributed by atoms with Crippen molar-refractivity contribution in [2.75, 3.05) is 19.7 Å². The standard InChI is InChI=1S/C14H25N3O/c1-11-5-2-3-7-14(11)10-16-13(15)17(14)9-12-6-4-8-18-12/h11-12H,2-10H2,1H3,(H2,15,16).